The Morgan fingerprint density at radius 1 is 0.814 bits per heavy atom. The largest absolute Gasteiger partial charge is 0.490 e. The molecule has 13 heteroatoms. The Morgan fingerprint density at radius 3 is 1.65 bits per heavy atom. The van der Waals surface area contributed by atoms with Crippen LogP contribution in [-0.2, 0) is 22.4 Å². The third-order valence-corrected chi connectivity index (χ3v) is 10.3. The molecule has 0 saturated heterocycles. The number of hydrogen-bond acceptors (Lipinski definition) is 11. The van der Waals surface area contributed by atoms with Crippen molar-refractivity contribution in [3.8, 4) is 11.5 Å². The lowest BCUT2D eigenvalue weighted by Crippen LogP contribution is -2.27. The summed E-state index contributed by atoms with van der Waals surface area (Å²) in [5.74, 6) is 1.25. The van der Waals surface area contributed by atoms with Gasteiger partial charge in [-0.25, -0.2) is 10.9 Å². The average molecular weight is 639 g/mol. The monoisotopic (exact) mass is 638 g/mol. The lowest BCUT2D eigenvalue weighted by atomic mass is 10.1. The van der Waals surface area contributed by atoms with E-state index in [1.807, 2.05) is 64.1 Å². The Morgan fingerprint density at radius 2 is 1.23 bits per heavy atom. The molecule has 2 N–H and O–H groups in total. The van der Waals surface area contributed by atoms with Crippen molar-refractivity contribution in [1.82, 2.24) is 21.0 Å². The maximum absolute atomic E-state index is 12.7. The quantitative estimate of drug-likeness (QED) is 0.176. The summed E-state index contributed by atoms with van der Waals surface area (Å²) in [7, 11) is 0. The highest BCUT2D eigenvalue weighted by atomic mass is 32.2. The zero-order chi connectivity index (χ0) is 30.7. The van der Waals surface area contributed by atoms with E-state index in [1.54, 1.807) is 13.8 Å². The van der Waals surface area contributed by atoms with Gasteiger partial charge in [0.1, 0.15) is 23.7 Å². The average Bonchev–Trinajstić information content (AvgIpc) is 3.69. The van der Waals surface area contributed by atoms with Crippen molar-refractivity contribution in [3.05, 3.63) is 58.7 Å². The molecular weight excluding hydrogens is 605 g/mol. The molecule has 0 radical (unpaired) electrons. The normalized spacial score (nSPS) is 19.1. The lowest BCUT2D eigenvalue weighted by Gasteiger charge is -2.09. The van der Waals surface area contributed by atoms with Gasteiger partial charge in [0.2, 0.25) is 0 Å². The van der Waals surface area contributed by atoms with Crippen molar-refractivity contribution in [1.29, 1.82) is 0 Å². The molecule has 0 bridgehead atoms. The zero-order valence-corrected chi connectivity index (χ0v) is 27.3. The van der Waals surface area contributed by atoms with Crippen LogP contribution < -0.4 is 20.3 Å². The first-order valence-electron chi connectivity index (χ1n) is 14.0. The van der Waals surface area contributed by atoms with Crippen LogP contribution in [0.15, 0.2) is 55.3 Å². The summed E-state index contributed by atoms with van der Waals surface area (Å²) in [6.07, 6.45) is 2.14. The molecule has 2 aliphatic rings. The van der Waals surface area contributed by atoms with E-state index in [0.29, 0.717) is 20.1 Å². The van der Waals surface area contributed by atoms with Crippen molar-refractivity contribution in [3.63, 3.8) is 0 Å². The van der Waals surface area contributed by atoms with Crippen molar-refractivity contribution in [2.45, 2.75) is 85.8 Å². The number of carbonyl (C=O) groups excluding carboxylic acids is 2. The third kappa shape index (κ3) is 7.76. The first-order chi connectivity index (χ1) is 20.5. The van der Waals surface area contributed by atoms with E-state index in [4.69, 9.17) is 9.47 Å². The fourth-order valence-corrected chi connectivity index (χ4v) is 7.84. The first kappa shape index (κ1) is 31.0. The molecule has 2 amide bonds. The SMILES string of the molecule is C/C(=N/NC(=O)[C@@H](C)Sc1nnc(S[C@H](C)C(=O)N/N=C(/C)c2ccc3c(c2)O[C@@H](C)C3)s1)c1ccc2c(c1)O[C@H](C)C2. The summed E-state index contributed by atoms with van der Waals surface area (Å²) in [4.78, 5) is 25.4. The molecule has 3 aromatic rings. The predicted octanol–water partition coefficient (Wildman–Crippen LogP) is 5.23. The van der Waals surface area contributed by atoms with Gasteiger partial charge in [-0.2, -0.15) is 10.2 Å². The number of carbonyl (C=O) groups is 2. The molecule has 0 saturated carbocycles. The topological polar surface area (TPSA) is 127 Å². The number of amides is 2. The van der Waals surface area contributed by atoms with Crippen LogP contribution >= 0.6 is 34.9 Å². The number of nitrogens with one attached hydrogen (secondary N) is 2. The lowest BCUT2D eigenvalue weighted by molar-refractivity contribution is -0.121. The number of benzene rings is 2. The molecule has 5 rings (SSSR count). The summed E-state index contributed by atoms with van der Waals surface area (Å²) < 4.78 is 12.9. The van der Waals surface area contributed by atoms with Crippen molar-refractivity contribution in [2.75, 3.05) is 0 Å². The van der Waals surface area contributed by atoms with Gasteiger partial charge in [0.25, 0.3) is 11.8 Å². The van der Waals surface area contributed by atoms with E-state index < -0.39 is 10.5 Å². The Balaban J connectivity index is 1.09. The molecular formula is C30H34N6O4S3. The number of aromatic nitrogens is 2. The zero-order valence-electron chi connectivity index (χ0n) is 24.8. The summed E-state index contributed by atoms with van der Waals surface area (Å²) in [6.45, 7) is 11.3. The number of thioether (sulfide) groups is 2. The van der Waals surface area contributed by atoms with E-state index in [2.05, 4.69) is 31.3 Å². The van der Waals surface area contributed by atoms with Crippen LogP contribution in [0, 0.1) is 0 Å². The Hall–Kier alpha value is -3.42. The Labute approximate surface area is 263 Å². The summed E-state index contributed by atoms with van der Waals surface area (Å²) >= 11 is 3.91. The van der Waals surface area contributed by atoms with Gasteiger partial charge in [-0.1, -0.05) is 59.1 Å². The molecule has 1 aromatic heterocycles. The molecule has 2 aliphatic heterocycles. The van der Waals surface area contributed by atoms with Crippen LogP contribution in [0.2, 0.25) is 0 Å². The van der Waals surface area contributed by atoms with Crippen LogP contribution in [-0.4, -0.2) is 56.1 Å². The number of hydrogen-bond donors (Lipinski definition) is 2. The van der Waals surface area contributed by atoms with Gasteiger partial charge in [0, 0.05) is 24.0 Å². The molecule has 0 aliphatic carbocycles. The first-order valence-corrected chi connectivity index (χ1v) is 16.6. The van der Waals surface area contributed by atoms with Crippen LogP contribution in [0.1, 0.15) is 63.8 Å². The summed E-state index contributed by atoms with van der Waals surface area (Å²) in [5.41, 5.74) is 10.8. The molecule has 0 unspecified atom stereocenters. The maximum atomic E-state index is 12.7. The molecule has 2 aromatic carbocycles. The molecule has 4 atom stereocenters. The standard InChI is InChI=1S/C30H34N6O4S3/c1-15-11-23-9-7-21(13-25(23)39-15)17(3)31-33-27(37)19(5)41-29-35-36-30(43-29)42-20(6)28(38)34-32-18(4)22-8-10-24-12-16(2)40-26(24)14-22/h7-10,13-16,19-20H,11-12H2,1-6H3,(H,33,37)(H,34,38)/b31-17-,32-18-/t15-,16+,19-,20-/m1/s1. The highest BCUT2D eigenvalue weighted by molar-refractivity contribution is 8.04. The minimum absolute atomic E-state index is 0.170. The van der Waals surface area contributed by atoms with Gasteiger partial charge in [0.05, 0.1) is 21.9 Å². The number of ether oxygens (including phenoxy) is 2. The van der Waals surface area contributed by atoms with Gasteiger partial charge < -0.3 is 9.47 Å². The molecule has 0 fully saturated rings. The van der Waals surface area contributed by atoms with Gasteiger partial charge in [-0.05, 0) is 64.8 Å². The van der Waals surface area contributed by atoms with Crippen LogP contribution in [0.25, 0.3) is 0 Å². The van der Waals surface area contributed by atoms with E-state index in [-0.39, 0.29) is 24.0 Å². The minimum Gasteiger partial charge on any atom is -0.490 e. The number of fused-ring (bicyclic) bond motifs is 2. The highest BCUT2D eigenvalue weighted by Gasteiger charge is 2.22. The number of nitrogens with zero attached hydrogens (tertiary/aromatic N) is 4. The second-order valence-electron chi connectivity index (χ2n) is 10.6. The van der Waals surface area contributed by atoms with Crippen LogP contribution in [0.5, 0.6) is 11.5 Å². The van der Waals surface area contributed by atoms with Crippen molar-refractivity contribution >= 4 is 58.1 Å². The third-order valence-electron chi connectivity index (χ3n) is 6.99. The van der Waals surface area contributed by atoms with Crippen molar-refractivity contribution in [2.24, 2.45) is 10.2 Å². The Kier molecular flexibility index (Phi) is 9.72. The summed E-state index contributed by atoms with van der Waals surface area (Å²) in [5, 5.41) is 16.1. The molecule has 226 valence electrons. The van der Waals surface area contributed by atoms with E-state index in [9.17, 15) is 9.59 Å². The van der Waals surface area contributed by atoms with Gasteiger partial charge in [0.15, 0.2) is 8.68 Å². The molecule has 0 spiro atoms. The van der Waals surface area contributed by atoms with E-state index in [0.717, 1.165) is 35.5 Å². The molecule has 43 heavy (non-hydrogen) atoms. The highest BCUT2D eigenvalue weighted by Crippen LogP contribution is 2.34. The maximum Gasteiger partial charge on any atom is 0.253 e. The van der Waals surface area contributed by atoms with Crippen LogP contribution in [0.4, 0.5) is 0 Å². The number of rotatable bonds is 10. The van der Waals surface area contributed by atoms with E-state index in [1.165, 1.54) is 46.0 Å². The van der Waals surface area contributed by atoms with Gasteiger partial charge in [-0.15, -0.1) is 10.2 Å². The minimum atomic E-state index is -0.447. The van der Waals surface area contributed by atoms with E-state index >= 15 is 0 Å². The smallest absolute Gasteiger partial charge is 0.253 e. The predicted molar refractivity (Wildman–Crippen MR) is 172 cm³/mol. The second-order valence-corrected chi connectivity index (χ2v) is 14.8. The fraction of sp³-hybridized carbons (Fsp3) is 0.400. The van der Waals surface area contributed by atoms with Gasteiger partial charge >= 0.3 is 0 Å². The Bertz CT molecular complexity index is 1480. The van der Waals surface area contributed by atoms with Crippen molar-refractivity contribution < 1.29 is 19.1 Å². The number of hydrazone groups is 2. The van der Waals surface area contributed by atoms with Gasteiger partial charge in [-0.3, -0.25) is 9.59 Å². The molecule has 3 heterocycles. The molecule has 10 nitrogen and oxygen atoms in total. The second kappa shape index (κ2) is 13.5. The summed E-state index contributed by atoms with van der Waals surface area (Å²) in [6, 6.07) is 12.0. The fourth-order valence-electron chi connectivity index (χ4n) is 4.54. The van der Waals surface area contributed by atoms with Crippen LogP contribution in [0.3, 0.4) is 0 Å².